The third-order valence-corrected chi connectivity index (χ3v) is 1.11. The minimum Gasteiger partial charge on any atom is -0.361 e. The van der Waals surface area contributed by atoms with Crippen molar-refractivity contribution < 1.29 is 0 Å². The highest BCUT2D eigenvalue weighted by molar-refractivity contribution is 5.93. The average molecular weight is 110 g/mol. The third kappa shape index (κ3) is 1.09. The van der Waals surface area contributed by atoms with Gasteiger partial charge in [0.05, 0.1) is 0 Å². The van der Waals surface area contributed by atoms with Crippen LogP contribution >= 0.6 is 0 Å². The Kier molecular flexibility index (Phi) is 1.33. The molecule has 8 heavy (non-hydrogen) atoms. The topological polar surface area (TPSA) is 15.6 Å². The first-order valence-electron chi connectivity index (χ1n) is 2.68. The summed E-state index contributed by atoms with van der Waals surface area (Å²) in [6.45, 7) is 2.81. The van der Waals surface area contributed by atoms with E-state index in [2.05, 4.69) is 4.99 Å². The second-order valence-corrected chi connectivity index (χ2v) is 2.01. The van der Waals surface area contributed by atoms with Gasteiger partial charge in [-0.05, 0) is 13.0 Å². The first-order chi connectivity index (χ1) is 3.79. The van der Waals surface area contributed by atoms with E-state index in [1.807, 2.05) is 31.1 Å². The molecule has 2 nitrogen and oxygen atoms in total. The van der Waals surface area contributed by atoms with Crippen LogP contribution in [0.1, 0.15) is 6.92 Å². The van der Waals surface area contributed by atoms with Gasteiger partial charge in [-0.15, -0.1) is 0 Å². The number of hydrogen-bond donors (Lipinski definition) is 0. The molecule has 0 atom stereocenters. The van der Waals surface area contributed by atoms with Gasteiger partial charge in [-0.2, -0.15) is 0 Å². The molecule has 2 heteroatoms. The Balaban J connectivity index is 2.58. The van der Waals surface area contributed by atoms with Crippen molar-refractivity contribution in [1.29, 1.82) is 0 Å². The van der Waals surface area contributed by atoms with Gasteiger partial charge in [-0.1, -0.05) is 0 Å². The highest BCUT2D eigenvalue weighted by Gasteiger charge is 1.93. The van der Waals surface area contributed by atoms with Gasteiger partial charge in [-0.3, -0.25) is 4.99 Å². The summed E-state index contributed by atoms with van der Waals surface area (Å²) >= 11 is 0. The molecule has 0 fully saturated rings. The molecular weight excluding hydrogens is 100 g/mol. The Morgan fingerprint density at radius 2 is 2.50 bits per heavy atom. The lowest BCUT2D eigenvalue weighted by molar-refractivity contribution is 0.468. The Bertz CT molecular complexity index is 135. The van der Waals surface area contributed by atoms with E-state index in [0.29, 0.717) is 0 Å². The molecule has 0 N–H and O–H groups in total. The monoisotopic (exact) mass is 110 g/mol. The van der Waals surface area contributed by atoms with E-state index in [-0.39, 0.29) is 0 Å². The van der Waals surface area contributed by atoms with Crippen molar-refractivity contribution in [3.63, 3.8) is 0 Å². The van der Waals surface area contributed by atoms with Crippen molar-refractivity contribution >= 4 is 5.71 Å². The average Bonchev–Trinajstić information content (AvgIpc) is 1.77. The molecule has 0 saturated heterocycles. The summed E-state index contributed by atoms with van der Waals surface area (Å²) in [5.74, 6) is 0. The number of aliphatic imine (C=N–C) groups is 1. The Hall–Kier alpha value is -0.790. The van der Waals surface area contributed by atoms with Crippen LogP contribution in [0.4, 0.5) is 0 Å². The minimum atomic E-state index is 0.808. The lowest BCUT2D eigenvalue weighted by Gasteiger charge is -2.13. The van der Waals surface area contributed by atoms with Gasteiger partial charge < -0.3 is 4.90 Å². The van der Waals surface area contributed by atoms with Crippen molar-refractivity contribution in [3.8, 4) is 0 Å². The van der Waals surface area contributed by atoms with E-state index < -0.39 is 0 Å². The number of allylic oxidation sites excluding steroid dienone is 1. The summed E-state index contributed by atoms with van der Waals surface area (Å²) in [6, 6.07) is 0. The molecule has 44 valence electrons. The lowest BCUT2D eigenvalue weighted by Crippen LogP contribution is -2.15. The fourth-order valence-electron chi connectivity index (χ4n) is 0.558. The first kappa shape index (κ1) is 5.35. The molecule has 0 bridgehead atoms. The summed E-state index contributed by atoms with van der Waals surface area (Å²) in [7, 11) is 2.01. The molecule has 0 aromatic rings. The molecule has 0 aromatic carbocycles. The molecule has 0 saturated carbocycles. The molecule has 0 aliphatic carbocycles. The quantitative estimate of drug-likeness (QED) is 0.451. The summed E-state index contributed by atoms with van der Waals surface area (Å²) < 4.78 is 0. The van der Waals surface area contributed by atoms with E-state index in [0.717, 1.165) is 12.4 Å². The molecular formula is C6H10N2. The van der Waals surface area contributed by atoms with Gasteiger partial charge in [0.1, 0.15) is 6.67 Å². The zero-order chi connectivity index (χ0) is 5.98. The maximum Gasteiger partial charge on any atom is 0.109 e. The van der Waals surface area contributed by atoms with Crippen LogP contribution in [0.5, 0.6) is 0 Å². The molecule has 0 spiro atoms. The Labute approximate surface area is 49.5 Å². The number of nitrogens with zero attached hydrogens (tertiary/aromatic N) is 2. The van der Waals surface area contributed by atoms with Crippen LogP contribution in [-0.2, 0) is 0 Å². The van der Waals surface area contributed by atoms with Crippen LogP contribution in [0.3, 0.4) is 0 Å². The SMILES string of the molecule is CC1=NCN(C)C=C1. The molecule has 1 heterocycles. The Morgan fingerprint density at radius 1 is 1.75 bits per heavy atom. The molecule has 1 rings (SSSR count). The molecule has 1 aliphatic rings. The normalized spacial score (nSPS) is 18.8. The fraction of sp³-hybridized carbons (Fsp3) is 0.500. The maximum absolute atomic E-state index is 4.17. The molecule has 0 amide bonds. The van der Waals surface area contributed by atoms with Crippen LogP contribution in [-0.4, -0.2) is 24.3 Å². The number of rotatable bonds is 0. The standard InChI is InChI=1S/C6H10N2/c1-6-3-4-8(2)5-7-6/h3-4H,5H2,1-2H3. The van der Waals surface area contributed by atoms with E-state index in [1.165, 1.54) is 0 Å². The first-order valence-corrected chi connectivity index (χ1v) is 2.68. The smallest absolute Gasteiger partial charge is 0.109 e. The van der Waals surface area contributed by atoms with E-state index in [4.69, 9.17) is 0 Å². The van der Waals surface area contributed by atoms with Crippen LogP contribution in [0.25, 0.3) is 0 Å². The minimum absolute atomic E-state index is 0.808. The van der Waals surface area contributed by atoms with Crippen molar-refractivity contribution in [3.05, 3.63) is 12.3 Å². The van der Waals surface area contributed by atoms with Crippen molar-refractivity contribution in [1.82, 2.24) is 4.90 Å². The lowest BCUT2D eigenvalue weighted by atomic mass is 10.4. The molecule has 0 unspecified atom stereocenters. The zero-order valence-corrected chi connectivity index (χ0v) is 5.26. The molecule has 1 aliphatic heterocycles. The van der Waals surface area contributed by atoms with Crippen molar-refractivity contribution in [2.75, 3.05) is 13.7 Å². The van der Waals surface area contributed by atoms with E-state index in [1.54, 1.807) is 0 Å². The Morgan fingerprint density at radius 3 is 2.88 bits per heavy atom. The van der Waals surface area contributed by atoms with Gasteiger partial charge >= 0.3 is 0 Å². The van der Waals surface area contributed by atoms with Gasteiger partial charge in [0.25, 0.3) is 0 Å². The van der Waals surface area contributed by atoms with E-state index in [9.17, 15) is 0 Å². The summed E-state index contributed by atoms with van der Waals surface area (Å²) in [6.07, 6.45) is 4.03. The summed E-state index contributed by atoms with van der Waals surface area (Å²) in [4.78, 5) is 6.20. The molecule has 0 aromatic heterocycles. The van der Waals surface area contributed by atoms with Gasteiger partial charge in [-0.25, -0.2) is 0 Å². The second-order valence-electron chi connectivity index (χ2n) is 2.01. The van der Waals surface area contributed by atoms with Crippen LogP contribution in [0.2, 0.25) is 0 Å². The van der Waals surface area contributed by atoms with Gasteiger partial charge in [0, 0.05) is 19.0 Å². The summed E-state index contributed by atoms with van der Waals surface area (Å²) in [5, 5.41) is 0. The highest BCUT2D eigenvalue weighted by Crippen LogP contribution is 1.93. The van der Waals surface area contributed by atoms with Crippen LogP contribution in [0, 0.1) is 0 Å². The zero-order valence-electron chi connectivity index (χ0n) is 5.26. The maximum atomic E-state index is 4.17. The van der Waals surface area contributed by atoms with Crippen molar-refractivity contribution in [2.24, 2.45) is 4.99 Å². The highest BCUT2D eigenvalue weighted by atomic mass is 15.2. The van der Waals surface area contributed by atoms with Crippen molar-refractivity contribution in [2.45, 2.75) is 6.92 Å². The number of hydrogen-bond acceptors (Lipinski definition) is 2. The predicted octanol–water partition coefficient (Wildman–Crippen LogP) is 0.864. The van der Waals surface area contributed by atoms with Gasteiger partial charge in [0.2, 0.25) is 0 Å². The third-order valence-electron chi connectivity index (χ3n) is 1.11. The van der Waals surface area contributed by atoms with Gasteiger partial charge in [0.15, 0.2) is 0 Å². The fourth-order valence-corrected chi connectivity index (χ4v) is 0.558. The largest absolute Gasteiger partial charge is 0.361 e. The molecule has 0 radical (unpaired) electrons. The summed E-state index contributed by atoms with van der Waals surface area (Å²) in [5.41, 5.74) is 1.11. The van der Waals surface area contributed by atoms with E-state index >= 15 is 0 Å². The van der Waals surface area contributed by atoms with Crippen LogP contribution in [0.15, 0.2) is 17.3 Å². The second kappa shape index (κ2) is 1.99. The predicted molar refractivity (Wildman–Crippen MR) is 34.9 cm³/mol. The van der Waals surface area contributed by atoms with Crippen LogP contribution < -0.4 is 0 Å².